The van der Waals surface area contributed by atoms with Crippen LogP contribution in [0.15, 0.2) is 34.8 Å². The van der Waals surface area contributed by atoms with Crippen molar-refractivity contribution >= 4 is 15.9 Å². The van der Waals surface area contributed by atoms with Crippen LogP contribution in [0.4, 0.5) is 0 Å². The largest absolute Gasteiger partial charge is 0.316 e. The third-order valence-corrected chi connectivity index (χ3v) is 5.20. The Bertz CT molecular complexity index is 577. The minimum absolute atomic E-state index is 0.380. The van der Waals surface area contributed by atoms with Gasteiger partial charge in [0.2, 0.25) is 0 Å². The van der Waals surface area contributed by atoms with Gasteiger partial charge in [-0.05, 0) is 48.3 Å². The van der Waals surface area contributed by atoms with Gasteiger partial charge in [-0.15, -0.1) is 0 Å². The topological polar surface area (TPSA) is 29.9 Å². The van der Waals surface area contributed by atoms with E-state index in [1.54, 1.807) is 0 Å². The zero-order valence-electron chi connectivity index (χ0n) is 13.2. The van der Waals surface area contributed by atoms with Crippen LogP contribution in [0.1, 0.15) is 36.7 Å². The Labute approximate surface area is 135 Å². The Balaban J connectivity index is 2.24. The molecule has 0 aliphatic rings. The number of likely N-dealkylation sites (N-methyl/N-ethyl adjacent to an activating group) is 1. The zero-order valence-corrected chi connectivity index (χ0v) is 14.8. The summed E-state index contributed by atoms with van der Waals surface area (Å²) in [4.78, 5) is 0. The number of aryl methyl sites for hydroxylation is 2. The van der Waals surface area contributed by atoms with Crippen LogP contribution >= 0.6 is 15.9 Å². The number of nitrogens with zero attached hydrogens (tertiary/aromatic N) is 2. The van der Waals surface area contributed by atoms with Gasteiger partial charge in [0, 0.05) is 19.0 Å². The number of rotatable bonds is 6. The van der Waals surface area contributed by atoms with Gasteiger partial charge in [0.25, 0.3) is 0 Å². The SMILES string of the molecule is CCn1nc(C)c(Br)c1CC(NC)C(C)c1ccccc1. The number of halogens is 1. The maximum absolute atomic E-state index is 4.59. The van der Waals surface area contributed by atoms with Crippen LogP contribution in [-0.2, 0) is 13.0 Å². The minimum atomic E-state index is 0.380. The lowest BCUT2D eigenvalue weighted by Crippen LogP contribution is -2.33. The van der Waals surface area contributed by atoms with Crippen molar-refractivity contribution in [3.8, 4) is 0 Å². The van der Waals surface area contributed by atoms with E-state index in [0.717, 1.165) is 23.1 Å². The molecule has 1 aromatic carbocycles. The normalized spacial score (nSPS) is 14.1. The molecular weight excluding hydrogens is 326 g/mol. The number of aromatic nitrogens is 2. The van der Waals surface area contributed by atoms with Gasteiger partial charge in [-0.1, -0.05) is 37.3 Å². The summed E-state index contributed by atoms with van der Waals surface area (Å²) in [6.45, 7) is 7.37. The maximum Gasteiger partial charge on any atom is 0.0738 e. The molecule has 0 aliphatic heterocycles. The fraction of sp³-hybridized carbons (Fsp3) is 0.471. The van der Waals surface area contributed by atoms with Crippen LogP contribution in [0.3, 0.4) is 0 Å². The van der Waals surface area contributed by atoms with Crippen molar-refractivity contribution in [2.24, 2.45) is 0 Å². The molecule has 2 atom stereocenters. The molecule has 2 aromatic rings. The van der Waals surface area contributed by atoms with Gasteiger partial charge in [-0.3, -0.25) is 4.68 Å². The van der Waals surface area contributed by atoms with Crippen molar-refractivity contribution in [1.82, 2.24) is 15.1 Å². The van der Waals surface area contributed by atoms with E-state index in [1.807, 2.05) is 7.05 Å². The molecule has 4 heteroatoms. The highest BCUT2D eigenvalue weighted by Gasteiger charge is 2.22. The third-order valence-electron chi connectivity index (χ3n) is 4.17. The number of hydrogen-bond donors (Lipinski definition) is 1. The van der Waals surface area contributed by atoms with Crippen LogP contribution in [-0.4, -0.2) is 22.9 Å². The first kappa shape index (κ1) is 16.2. The number of hydrogen-bond acceptors (Lipinski definition) is 2. The smallest absolute Gasteiger partial charge is 0.0738 e. The minimum Gasteiger partial charge on any atom is -0.316 e. The Morgan fingerprint density at radius 2 is 1.95 bits per heavy atom. The quantitative estimate of drug-likeness (QED) is 0.856. The molecule has 2 rings (SSSR count). The van der Waals surface area contributed by atoms with Gasteiger partial charge in [-0.25, -0.2) is 0 Å². The van der Waals surface area contributed by atoms with Crippen molar-refractivity contribution in [2.75, 3.05) is 7.05 Å². The predicted octanol–water partition coefficient (Wildman–Crippen LogP) is 3.91. The fourth-order valence-corrected chi connectivity index (χ4v) is 3.24. The summed E-state index contributed by atoms with van der Waals surface area (Å²) in [6.07, 6.45) is 0.960. The standard InChI is InChI=1S/C17H24BrN3/c1-5-21-16(17(18)13(3)20-21)11-15(19-4)12(2)14-9-7-6-8-10-14/h6-10,12,15,19H,5,11H2,1-4H3. The van der Waals surface area contributed by atoms with E-state index in [4.69, 9.17) is 0 Å². The van der Waals surface area contributed by atoms with Gasteiger partial charge in [0.15, 0.2) is 0 Å². The van der Waals surface area contributed by atoms with E-state index >= 15 is 0 Å². The second-order valence-electron chi connectivity index (χ2n) is 5.46. The van der Waals surface area contributed by atoms with E-state index in [0.29, 0.717) is 12.0 Å². The van der Waals surface area contributed by atoms with Gasteiger partial charge in [0.05, 0.1) is 15.9 Å². The first-order chi connectivity index (χ1) is 10.1. The van der Waals surface area contributed by atoms with Gasteiger partial charge >= 0.3 is 0 Å². The molecule has 0 saturated heterocycles. The third kappa shape index (κ3) is 3.55. The lowest BCUT2D eigenvalue weighted by molar-refractivity contribution is 0.463. The van der Waals surface area contributed by atoms with Gasteiger partial charge in [0.1, 0.15) is 0 Å². The number of nitrogens with one attached hydrogen (secondary N) is 1. The lowest BCUT2D eigenvalue weighted by atomic mass is 9.90. The molecule has 114 valence electrons. The first-order valence-corrected chi connectivity index (χ1v) is 8.31. The molecule has 3 nitrogen and oxygen atoms in total. The van der Waals surface area contributed by atoms with E-state index < -0.39 is 0 Å². The fourth-order valence-electron chi connectivity index (χ4n) is 2.79. The summed E-state index contributed by atoms with van der Waals surface area (Å²) in [5, 5.41) is 8.06. The molecule has 1 aromatic heterocycles. The summed E-state index contributed by atoms with van der Waals surface area (Å²) in [5.74, 6) is 0.448. The molecule has 1 N–H and O–H groups in total. The van der Waals surface area contributed by atoms with E-state index in [1.165, 1.54) is 11.3 Å². The van der Waals surface area contributed by atoms with Crippen molar-refractivity contribution in [2.45, 2.75) is 45.7 Å². The van der Waals surface area contributed by atoms with Gasteiger partial charge < -0.3 is 5.32 Å². The summed E-state index contributed by atoms with van der Waals surface area (Å²) in [7, 11) is 2.04. The van der Waals surface area contributed by atoms with Crippen LogP contribution < -0.4 is 5.32 Å². The highest BCUT2D eigenvalue weighted by Crippen LogP contribution is 2.26. The Morgan fingerprint density at radius 1 is 1.29 bits per heavy atom. The molecule has 0 bridgehead atoms. The monoisotopic (exact) mass is 349 g/mol. The molecule has 0 fully saturated rings. The molecule has 1 heterocycles. The van der Waals surface area contributed by atoms with Crippen molar-refractivity contribution in [1.29, 1.82) is 0 Å². The summed E-state index contributed by atoms with van der Waals surface area (Å²) < 4.78 is 3.24. The Morgan fingerprint density at radius 3 is 2.52 bits per heavy atom. The van der Waals surface area contributed by atoms with Crippen LogP contribution in [0.2, 0.25) is 0 Å². The van der Waals surface area contributed by atoms with Crippen molar-refractivity contribution in [3.63, 3.8) is 0 Å². The van der Waals surface area contributed by atoms with E-state index in [9.17, 15) is 0 Å². The summed E-state index contributed by atoms with van der Waals surface area (Å²) >= 11 is 3.69. The first-order valence-electron chi connectivity index (χ1n) is 7.52. The van der Waals surface area contributed by atoms with Gasteiger partial charge in [-0.2, -0.15) is 5.10 Å². The maximum atomic E-state index is 4.59. The molecule has 21 heavy (non-hydrogen) atoms. The second-order valence-corrected chi connectivity index (χ2v) is 6.25. The average molecular weight is 350 g/mol. The molecule has 0 amide bonds. The Hall–Kier alpha value is -1.13. The average Bonchev–Trinajstić information content (AvgIpc) is 2.80. The summed E-state index contributed by atoms with van der Waals surface area (Å²) in [6, 6.07) is 11.1. The molecular formula is C17H24BrN3. The lowest BCUT2D eigenvalue weighted by Gasteiger charge is -2.24. The molecule has 0 saturated carbocycles. The van der Waals surface area contributed by atoms with Crippen LogP contribution in [0.5, 0.6) is 0 Å². The van der Waals surface area contributed by atoms with E-state index in [-0.39, 0.29) is 0 Å². The molecule has 0 aliphatic carbocycles. The second kappa shape index (κ2) is 7.23. The highest BCUT2D eigenvalue weighted by molar-refractivity contribution is 9.10. The molecule has 0 radical (unpaired) electrons. The molecule has 0 spiro atoms. The van der Waals surface area contributed by atoms with Crippen molar-refractivity contribution < 1.29 is 0 Å². The van der Waals surface area contributed by atoms with Crippen molar-refractivity contribution in [3.05, 3.63) is 51.8 Å². The van der Waals surface area contributed by atoms with E-state index in [2.05, 4.69) is 82.1 Å². The number of benzene rings is 1. The Kier molecular flexibility index (Phi) is 5.59. The molecule has 2 unspecified atom stereocenters. The highest BCUT2D eigenvalue weighted by atomic mass is 79.9. The zero-order chi connectivity index (χ0) is 15.4. The van der Waals surface area contributed by atoms with Crippen LogP contribution in [0.25, 0.3) is 0 Å². The summed E-state index contributed by atoms with van der Waals surface area (Å²) in [5.41, 5.74) is 3.71. The predicted molar refractivity (Wildman–Crippen MR) is 91.7 cm³/mol. The van der Waals surface area contributed by atoms with Crippen LogP contribution in [0, 0.1) is 6.92 Å².